The fraction of sp³-hybridized carbons (Fsp3) is 0.250. The van der Waals surface area contributed by atoms with E-state index in [9.17, 15) is 0 Å². The highest BCUT2D eigenvalue weighted by atomic mass is 16.5. The summed E-state index contributed by atoms with van der Waals surface area (Å²) in [6, 6.07) is 18.1. The Morgan fingerprint density at radius 2 is 0.789 bits per heavy atom. The Morgan fingerprint density at radius 1 is 0.447 bits per heavy atom. The SMILES string of the molecule is OCCOCC[n+]1cc2ccc3c4ccc5c[n+](CCOCCO)cc6ccc(c7ccc(c1)c2c37)c4c56. The van der Waals surface area contributed by atoms with Gasteiger partial charge in [-0.3, -0.25) is 0 Å². The van der Waals surface area contributed by atoms with Crippen LogP contribution in [0.2, 0.25) is 0 Å². The van der Waals surface area contributed by atoms with Gasteiger partial charge in [-0.05, 0) is 56.6 Å². The molecule has 38 heavy (non-hydrogen) atoms. The molecule has 0 atom stereocenters. The molecular formula is C32H30N2O4+2. The van der Waals surface area contributed by atoms with E-state index in [2.05, 4.69) is 82.5 Å². The van der Waals surface area contributed by atoms with Gasteiger partial charge in [0.2, 0.25) is 0 Å². The van der Waals surface area contributed by atoms with Crippen LogP contribution >= 0.6 is 0 Å². The second-order valence-electron chi connectivity index (χ2n) is 9.97. The molecule has 6 nitrogen and oxygen atoms in total. The Kier molecular flexibility index (Phi) is 5.90. The first kappa shape index (κ1) is 23.4. The lowest BCUT2D eigenvalue weighted by atomic mass is 9.86. The molecule has 7 aromatic rings. The van der Waals surface area contributed by atoms with Gasteiger partial charge in [-0.15, -0.1) is 0 Å². The van der Waals surface area contributed by atoms with E-state index in [0.717, 1.165) is 13.1 Å². The quantitative estimate of drug-likeness (QED) is 0.127. The third-order valence-corrected chi connectivity index (χ3v) is 7.71. The van der Waals surface area contributed by atoms with E-state index in [-0.39, 0.29) is 13.2 Å². The first-order valence-electron chi connectivity index (χ1n) is 13.2. The highest BCUT2D eigenvalue weighted by Gasteiger charge is 2.20. The molecule has 0 unspecified atom stereocenters. The fourth-order valence-electron chi connectivity index (χ4n) is 6.15. The summed E-state index contributed by atoms with van der Waals surface area (Å²) >= 11 is 0. The molecule has 190 valence electrons. The molecule has 6 heteroatoms. The fourth-order valence-corrected chi connectivity index (χ4v) is 6.15. The van der Waals surface area contributed by atoms with E-state index >= 15 is 0 Å². The summed E-state index contributed by atoms with van der Waals surface area (Å²) in [5.41, 5.74) is 0. The smallest absolute Gasteiger partial charge is 0.176 e. The van der Waals surface area contributed by atoms with Crippen molar-refractivity contribution < 1.29 is 28.8 Å². The van der Waals surface area contributed by atoms with Gasteiger partial charge in [0.05, 0.1) is 26.4 Å². The molecule has 0 fully saturated rings. The Hall–Kier alpha value is -3.68. The lowest BCUT2D eigenvalue weighted by Crippen LogP contribution is -2.35. The minimum atomic E-state index is 0.0487. The summed E-state index contributed by atoms with van der Waals surface area (Å²) in [4.78, 5) is 0. The number of hydrogen-bond donors (Lipinski definition) is 2. The summed E-state index contributed by atoms with van der Waals surface area (Å²) < 4.78 is 15.4. The van der Waals surface area contributed by atoms with Crippen LogP contribution < -0.4 is 9.13 Å². The number of aliphatic hydroxyl groups is 2. The monoisotopic (exact) mass is 506 g/mol. The molecule has 0 saturated carbocycles. The van der Waals surface area contributed by atoms with E-state index in [0.29, 0.717) is 26.4 Å². The normalized spacial score (nSPS) is 12.5. The van der Waals surface area contributed by atoms with Crippen LogP contribution in [0.3, 0.4) is 0 Å². The molecule has 0 spiro atoms. The number of ether oxygens (including phenoxy) is 2. The number of fused-ring (bicyclic) bond motifs is 2. The number of pyridine rings is 2. The van der Waals surface area contributed by atoms with Gasteiger partial charge in [0.25, 0.3) is 0 Å². The predicted molar refractivity (Wildman–Crippen MR) is 150 cm³/mol. The molecule has 2 N–H and O–H groups in total. The zero-order valence-electron chi connectivity index (χ0n) is 21.2. The molecule has 0 bridgehead atoms. The average molecular weight is 507 g/mol. The lowest BCUT2D eigenvalue weighted by molar-refractivity contribution is -0.696. The summed E-state index contributed by atoms with van der Waals surface area (Å²) in [5, 5.41) is 33.3. The summed E-state index contributed by atoms with van der Waals surface area (Å²) in [6.45, 7) is 3.47. The zero-order chi connectivity index (χ0) is 25.6. The maximum absolute atomic E-state index is 8.98. The lowest BCUT2D eigenvalue weighted by Gasteiger charge is -2.17. The van der Waals surface area contributed by atoms with Crippen molar-refractivity contribution in [3.05, 3.63) is 73.3 Å². The molecule has 0 aliphatic rings. The van der Waals surface area contributed by atoms with Gasteiger partial charge in [0, 0.05) is 32.3 Å². The molecule has 0 aliphatic heterocycles. The van der Waals surface area contributed by atoms with E-state index in [4.69, 9.17) is 19.7 Å². The average Bonchev–Trinajstić information content (AvgIpc) is 2.95. The van der Waals surface area contributed by atoms with Gasteiger partial charge in [0.1, 0.15) is 13.2 Å². The van der Waals surface area contributed by atoms with Crippen molar-refractivity contribution in [2.24, 2.45) is 0 Å². The van der Waals surface area contributed by atoms with Crippen molar-refractivity contribution in [2.75, 3.05) is 39.6 Å². The standard InChI is InChI=1S/C32H30N2O4/c35-11-15-37-13-9-33-17-21-1-5-25-26-6-3-23-19-34(10-14-38-16-12-36)20-24-4-8-28(32(26)30(23)24)27-7-2-22(18-33)29(21)31(25)27/h1-8,17-20,35-36H,9-16H2/q+2. The van der Waals surface area contributed by atoms with Gasteiger partial charge in [0.15, 0.2) is 37.9 Å². The van der Waals surface area contributed by atoms with Crippen LogP contribution in [0.25, 0.3) is 64.6 Å². The number of aliphatic hydroxyl groups excluding tert-OH is 2. The highest BCUT2D eigenvalue weighted by molar-refractivity contribution is 6.39. The van der Waals surface area contributed by atoms with Crippen LogP contribution in [-0.4, -0.2) is 49.9 Å². The Balaban J connectivity index is 1.41. The van der Waals surface area contributed by atoms with Crippen LogP contribution in [0.4, 0.5) is 0 Å². The minimum Gasteiger partial charge on any atom is -0.394 e. The first-order valence-corrected chi connectivity index (χ1v) is 13.2. The number of hydrogen-bond acceptors (Lipinski definition) is 4. The van der Waals surface area contributed by atoms with Crippen molar-refractivity contribution >= 4 is 64.6 Å². The number of rotatable bonds is 10. The molecular weight excluding hydrogens is 476 g/mol. The van der Waals surface area contributed by atoms with Crippen LogP contribution in [0, 0.1) is 0 Å². The number of aromatic nitrogens is 2. The largest absolute Gasteiger partial charge is 0.394 e. The maximum Gasteiger partial charge on any atom is 0.176 e. The summed E-state index contributed by atoms with van der Waals surface area (Å²) in [6.07, 6.45) is 8.82. The third kappa shape index (κ3) is 3.72. The van der Waals surface area contributed by atoms with Crippen molar-refractivity contribution in [1.29, 1.82) is 0 Å². The maximum atomic E-state index is 8.98. The van der Waals surface area contributed by atoms with E-state index < -0.39 is 0 Å². The Bertz CT molecular complexity index is 1660. The van der Waals surface area contributed by atoms with E-state index in [1.807, 2.05) is 0 Å². The van der Waals surface area contributed by atoms with Crippen LogP contribution in [0.1, 0.15) is 0 Å². The zero-order valence-corrected chi connectivity index (χ0v) is 21.2. The van der Waals surface area contributed by atoms with Crippen molar-refractivity contribution in [1.82, 2.24) is 0 Å². The van der Waals surface area contributed by atoms with Crippen molar-refractivity contribution in [2.45, 2.75) is 13.1 Å². The molecule has 0 aliphatic carbocycles. The van der Waals surface area contributed by atoms with Gasteiger partial charge in [-0.2, -0.15) is 0 Å². The van der Waals surface area contributed by atoms with Crippen molar-refractivity contribution in [3.63, 3.8) is 0 Å². The second-order valence-corrected chi connectivity index (χ2v) is 9.97. The molecule has 0 saturated heterocycles. The molecule has 0 amide bonds. The van der Waals surface area contributed by atoms with E-state index in [1.165, 1.54) is 64.6 Å². The molecule has 2 aromatic heterocycles. The number of nitrogens with zero attached hydrogens (tertiary/aromatic N) is 2. The van der Waals surface area contributed by atoms with E-state index in [1.54, 1.807) is 0 Å². The molecule has 2 heterocycles. The van der Waals surface area contributed by atoms with Gasteiger partial charge in [-0.25, -0.2) is 9.13 Å². The first-order chi connectivity index (χ1) is 18.8. The van der Waals surface area contributed by atoms with Crippen LogP contribution in [-0.2, 0) is 22.6 Å². The van der Waals surface area contributed by atoms with Crippen molar-refractivity contribution in [3.8, 4) is 0 Å². The van der Waals surface area contributed by atoms with Gasteiger partial charge >= 0.3 is 0 Å². The Labute approximate surface area is 219 Å². The topological polar surface area (TPSA) is 66.7 Å². The van der Waals surface area contributed by atoms with Crippen LogP contribution in [0.15, 0.2) is 73.3 Å². The molecule has 0 radical (unpaired) electrons. The summed E-state index contributed by atoms with van der Waals surface area (Å²) in [5.74, 6) is 0. The van der Waals surface area contributed by atoms with Gasteiger partial charge < -0.3 is 19.7 Å². The molecule has 7 rings (SSSR count). The summed E-state index contributed by atoms with van der Waals surface area (Å²) in [7, 11) is 0. The highest BCUT2D eigenvalue weighted by Crippen LogP contribution is 2.44. The van der Waals surface area contributed by atoms with Gasteiger partial charge in [-0.1, -0.05) is 24.3 Å². The predicted octanol–water partition coefficient (Wildman–Crippen LogP) is 4.07. The minimum absolute atomic E-state index is 0.0487. The van der Waals surface area contributed by atoms with Crippen LogP contribution in [0.5, 0.6) is 0 Å². The number of benzene rings is 5. The Morgan fingerprint density at radius 3 is 1.11 bits per heavy atom. The second kappa shape index (κ2) is 9.57. The molecule has 5 aromatic carbocycles. The third-order valence-electron chi connectivity index (χ3n) is 7.71.